The number of aryl methyl sites for hydroxylation is 1. The van der Waals surface area contributed by atoms with Crippen molar-refractivity contribution in [2.75, 3.05) is 31.1 Å². The van der Waals surface area contributed by atoms with Crippen molar-refractivity contribution in [1.29, 1.82) is 0 Å². The van der Waals surface area contributed by atoms with Gasteiger partial charge in [-0.05, 0) is 58.7 Å². The molecule has 4 nitrogen and oxygen atoms in total. The zero-order valence-electron chi connectivity index (χ0n) is 15.2. The molecule has 0 saturated carbocycles. The first-order valence-corrected chi connectivity index (χ1v) is 10.9. The van der Waals surface area contributed by atoms with Crippen LogP contribution in [-0.4, -0.2) is 40.5 Å². The van der Waals surface area contributed by atoms with Gasteiger partial charge in [-0.15, -0.1) is 11.3 Å². The second kappa shape index (κ2) is 6.93. The lowest BCUT2D eigenvalue weighted by Crippen LogP contribution is -2.46. The van der Waals surface area contributed by atoms with Crippen molar-refractivity contribution < 1.29 is 0 Å². The number of piperazine rings is 1. The molecule has 1 saturated heterocycles. The number of hydrogen-bond donors (Lipinski definition) is 0. The van der Waals surface area contributed by atoms with Crippen LogP contribution in [0.4, 0.5) is 5.82 Å². The Bertz CT molecular complexity index is 1110. The lowest BCUT2D eigenvalue weighted by Gasteiger charge is -2.35. The summed E-state index contributed by atoms with van der Waals surface area (Å²) in [6.07, 6.45) is 2.15. The average Bonchev–Trinajstić information content (AvgIpc) is 3.31. The molecular formula is C21H21BrN4S. The Hall–Kier alpha value is -1.89. The molecule has 1 aliphatic rings. The monoisotopic (exact) mass is 440 g/mol. The number of para-hydroxylation sites is 1. The molecule has 0 amide bonds. The van der Waals surface area contributed by atoms with Crippen LogP contribution >= 0.6 is 27.3 Å². The Balaban J connectivity index is 1.42. The van der Waals surface area contributed by atoms with Gasteiger partial charge in [0.25, 0.3) is 0 Å². The topological polar surface area (TPSA) is 23.8 Å². The number of benzene rings is 1. The molecule has 0 bridgehead atoms. The van der Waals surface area contributed by atoms with E-state index in [0.717, 1.165) is 44.1 Å². The highest BCUT2D eigenvalue weighted by Gasteiger charge is 2.21. The molecule has 27 heavy (non-hydrogen) atoms. The highest BCUT2D eigenvalue weighted by Crippen LogP contribution is 2.28. The van der Waals surface area contributed by atoms with Gasteiger partial charge >= 0.3 is 0 Å². The summed E-state index contributed by atoms with van der Waals surface area (Å²) in [6, 6.07) is 15.0. The van der Waals surface area contributed by atoms with Gasteiger partial charge < -0.3 is 9.30 Å². The molecule has 3 aromatic heterocycles. The summed E-state index contributed by atoms with van der Waals surface area (Å²) in [7, 11) is 0. The van der Waals surface area contributed by atoms with Gasteiger partial charge in [-0.2, -0.15) is 0 Å². The van der Waals surface area contributed by atoms with Crippen LogP contribution in [0, 0.1) is 6.92 Å². The van der Waals surface area contributed by atoms with Crippen LogP contribution in [0.5, 0.6) is 0 Å². The molecule has 0 N–H and O–H groups in total. The first-order chi connectivity index (χ1) is 13.2. The van der Waals surface area contributed by atoms with E-state index in [1.54, 1.807) is 0 Å². The molecule has 1 aliphatic heterocycles. The lowest BCUT2D eigenvalue weighted by atomic mass is 10.2. The molecule has 0 radical (unpaired) electrons. The Kier molecular flexibility index (Phi) is 4.42. The minimum atomic E-state index is 1.01. The summed E-state index contributed by atoms with van der Waals surface area (Å²) < 4.78 is 3.50. The molecule has 0 aliphatic carbocycles. The highest BCUT2D eigenvalue weighted by atomic mass is 79.9. The quantitative estimate of drug-likeness (QED) is 0.450. The van der Waals surface area contributed by atoms with E-state index in [1.807, 2.05) is 11.3 Å². The molecule has 1 fully saturated rings. The number of nitrogens with zero attached hydrogens (tertiary/aromatic N) is 4. The third kappa shape index (κ3) is 3.16. The second-order valence-electron chi connectivity index (χ2n) is 7.11. The minimum Gasteiger partial charge on any atom is -0.352 e. The van der Waals surface area contributed by atoms with Crippen molar-refractivity contribution in [2.45, 2.75) is 13.5 Å². The summed E-state index contributed by atoms with van der Waals surface area (Å²) in [5.41, 5.74) is 4.75. The third-order valence-electron chi connectivity index (χ3n) is 5.34. The number of rotatable bonds is 3. The Morgan fingerprint density at radius 3 is 2.67 bits per heavy atom. The smallest absolute Gasteiger partial charge is 0.153 e. The molecule has 4 heterocycles. The van der Waals surface area contributed by atoms with Crippen LogP contribution in [0.3, 0.4) is 0 Å². The van der Waals surface area contributed by atoms with Crippen LogP contribution in [0.25, 0.3) is 16.6 Å². The van der Waals surface area contributed by atoms with Crippen molar-refractivity contribution in [3.8, 4) is 0 Å². The van der Waals surface area contributed by atoms with Crippen molar-refractivity contribution >= 4 is 49.6 Å². The maximum absolute atomic E-state index is 5.05. The van der Waals surface area contributed by atoms with Gasteiger partial charge in [0.1, 0.15) is 0 Å². The van der Waals surface area contributed by atoms with Gasteiger partial charge in [0.15, 0.2) is 5.82 Å². The standard InChI is InChI=1S/C21H21BrN4S/c1-15-4-2-5-17-20(15)26-9-3-6-18(26)21(23-17)25-12-10-24(11-13-25)14-16-7-8-19(22)27-16/h2-9H,10-14H2,1H3. The maximum atomic E-state index is 5.05. The van der Waals surface area contributed by atoms with Crippen molar-refractivity contribution in [2.24, 2.45) is 0 Å². The fraction of sp³-hybridized carbons (Fsp3) is 0.286. The van der Waals surface area contributed by atoms with E-state index in [2.05, 4.69) is 85.7 Å². The Morgan fingerprint density at radius 1 is 1.04 bits per heavy atom. The van der Waals surface area contributed by atoms with E-state index in [9.17, 15) is 0 Å². The van der Waals surface area contributed by atoms with E-state index in [-0.39, 0.29) is 0 Å². The maximum Gasteiger partial charge on any atom is 0.153 e. The van der Waals surface area contributed by atoms with E-state index in [0.29, 0.717) is 0 Å². The van der Waals surface area contributed by atoms with Crippen LogP contribution in [0.2, 0.25) is 0 Å². The fourth-order valence-corrected chi connectivity index (χ4v) is 5.51. The van der Waals surface area contributed by atoms with Gasteiger partial charge in [0, 0.05) is 43.8 Å². The summed E-state index contributed by atoms with van der Waals surface area (Å²) in [5.74, 6) is 1.11. The third-order valence-corrected chi connectivity index (χ3v) is 6.95. The fourth-order valence-electron chi connectivity index (χ4n) is 3.98. The zero-order valence-corrected chi connectivity index (χ0v) is 17.6. The second-order valence-corrected chi connectivity index (χ2v) is 9.66. The van der Waals surface area contributed by atoms with E-state index in [1.165, 1.54) is 25.3 Å². The molecular weight excluding hydrogens is 420 g/mol. The van der Waals surface area contributed by atoms with E-state index in [4.69, 9.17) is 4.98 Å². The SMILES string of the molecule is Cc1cccc2nc(N3CCN(Cc4ccc(Br)s4)CC3)c3cccn3c12. The molecule has 0 atom stereocenters. The molecule has 1 aromatic carbocycles. The molecule has 0 unspecified atom stereocenters. The lowest BCUT2D eigenvalue weighted by molar-refractivity contribution is 0.251. The molecule has 5 rings (SSSR count). The zero-order chi connectivity index (χ0) is 18.4. The minimum absolute atomic E-state index is 1.01. The number of aromatic nitrogens is 2. The van der Waals surface area contributed by atoms with Crippen molar-refractivity contribution in [1.82, 2.24) is 14.3 Å². The first-order valence-electron chi connectivity index (χ1n) is 9.27. The van der Waals surface area contributed by atoms with Crippen molar-refractivity contribution in [3.63, 3.8) is 0 Å². The number of hydrogen-bond acceptors (Lipinski definition) is 4. The van der Waals surface area contributed by atoms with Crippen LogP contribution in [0.1, 0.15) is 10.4 Å². The van der Waals surface area contributed by atoms with Gasteiger partial charge in [-0.25, -0.2) is 4.98 Å². The van der Waals surface area contributed by atoms with Gasteiger partial charge in [0.2, 0.25) is 0 Å². The summed E-state index contributed by atoms with van der Waals surface area (Å²) in [6.45, 7) is 7.35. The van der Waals surface area contributed by atoms with Crippen molar-refractivity contribution in [3.05, 3.63) is 62.9 Å². The predicted molar refractivity (Wildman–Crippen MR) is 117 cm³/mol. The molecule has 138 valence electrons. The first kappa shape index (κ1) is 17.2. The number of halogens is 1. The average molecular weight is 441 g/mol. The van der Waals surface area contributed by atoms with Crippen LogP contribution in [-0.2, 0) is 6.54 Å². The Morgan fingerprint density at radius 2 is 1.89 bits per heavy atom. The van der Waals surface area contributed by atoms with E-state index >= 15 is 0 Å². The van der Waals surface area contributed by atoms with Gasteiger partial charge in [0.05, 0.1) is 20.3 Å². The molecule has 4 aromatic rings. The van der Waals surface area contributed by atoms with Crippen LogP contribution < -0.4 is 4.90 Å². The number of anilines is 1. The predicted octanol–water partition coefficient (Wildman–Crippen LogP) is 4.94. The summed E-state index contributed by atoms with van der Waals surface area (Å²) in [4.78, 5) is 11.5. The molecule has 6 heteroatoms. The Labute approximate surface area is 171 Å². The number of fused-ring (bicyclic) bond motifs is 3. The van der Waals surface area contributed by atoms with Crippen LogP contribution in [0.15, 0.2) is 52.4 Å². The van der Waals surface area contributed by atoms with Gasteiger partial charge in [-0.1, -0.05) is 12.1 Å². The highest BCUT2D eigenvalue weighted by molar-refractivity contribution is 9.11. The summed E-state index contributed by atoms with van der Waals surface area (Å²) in [5, 5.41) is 0. The largest absolute Gasteiger partial charge is 0.352 e. The normalized spacial score (nSPS) is 15.9. The van der Waals surface area contributed by atoms with E-state index < -0.39 is 0 Å². The van der Waals surface area contributed by atoms with Gasteiger partial charge in [-0.3, -0.25) is 4.90 Å². The molecule has 0 spiro atoms. The number of thiophene rings is 1. The summed E-state index contributed by atoms with van der Waals surface area (Å²) >= 11 is 5.39.